The molecule has 9 nitrogen and oxygen atoms in total. The van der Waals surface area contributed by atoms with Crippen LogP contribution in [0.4, 0.5) is 0 Å². The van der Waals surface area contributed by atoms with Gasteiger partial charge in [0.1, 0.15) is 0 Å². The topological polar surface area (TPSA) is 164 Å². The summed E-state index contributed by atoms with van der Waals surface area (Å²) < 4.78 is 24.1. The fraction of sp³-hybridized carbons (Fsp3) is 0.750. The van der Waals surface area contributed by atoms with Gasteiger partial charge in [0, 0.05) is 5.92 Å². The lowest BCUT2D eigenvalue weighted by Gasteiger charge is -2.28. The zero-order chi connectivity index (χ0) is 17.6. The van der Waals surface area contributed by atoms with Crippen LogP contribution in [0.15, 0.2) is 0 Å². The van der Waals surface area contributed by atoms with E-state index in [0.29, 0.717) is 12.2 Å². The van der Waals surface area contributed by atoms with E-state index in [0.717, 1.165) is 0 Å². The fourth-order valence-electron chi connectivity index (χ4n) is 3.19. The Bertz CT molecular complexity index is 650. The number of hydrogen-bond acceptors (Lipinski definition) is 7. The van der Waals surface area contributed by atoms with Crippen LogP contribution in [0, 0.1) is 11.8 Å². The van der Waals surface area contributed by atoms with Crippen LogP contribution in [0.3, 0.4) is 0 Å². The molecule has 2 aliphatic rings. The van der Waals surface area contributed by atoms with Crippen LogP contribution in [0.2, 0.25) is 0 Å². The van der Waals surface area contributed by atoms with Crippen molar-refractivity contribution in [1.29, 1.82) is 0 Å². The highest BCUT2D eigenvalue weighted by Crippen LogP contribution is 2.57. The Morgan fingerprint density at radius 1 is 1.39 bits per heavy atom. The molecule has 1 heterocycles. The zero-order valence-corrected chi connectivity index (χ0v) is 13.9. The Balaban J connectivity index is 2.26. The maximum absolute atomic E-state index is 12.1. The second kappa shape index (κ2) is 5.95. The van der Waals surface area contributed by atoms with Crippen molar-refractivity contribution in [3.8, 4) is 0 Å². The van der Waals surface area contributed by atoms with E-state index in [1.54, 1.807) is 0 Å². The largest absolute Gasteiger partial charge is 0.481 e. The smallest absolute Gasteiger partial charge is 0.330 e. The van der Waals surface area contributed by atoms with E-state index >= 15 is 0 Å². The summed E-state index contributed by atoms with van der Waals surface area (Å²) in [6.45, 7) is 0. The lowest BCUT2D eigenvalue weighted by molar-refractivity contribution is -0.148. The molecule has 2 fully saturated rings. The SMILES string of the molecule is CSCCC(N)C(=O)N[C@@]1(C(=O)O)CS(=O)(=O)[C@H]2[C@H](C(=O)O)[C@H]21. The van der Waals surface area contributed by atoms with E-state index in [1.165, 1.54) is 11.8 Å². The summed E-state index contributed by atoms with van der Waals surface area (Å²) in [4.78, 5) is 34.9. The van der Waals surface area contributed by atoms with E-state index in [2.05, 4.69) is 5.32 Å². The molecule has 0 aromatic heterocycles. The number of nitrogens with two attached hydrogens (primary N) is 1. The molecule has 0 aromatic carbocycles. The lowest BCUT2D eigenvalue weighted by Crippen LogP contribution is -2.61. The maximum Gasteiger partial charge on any atom is 0.330 e. The second-order valence-electron chi connectivity index (χ2n) is 5.82. The van der Waals surface area contributed by atoms with Crippen molar-refractivity contribution in [2.75, 3.05) is 17.8 Å². The van der Waals surface area contributed by atoms with Gasteiger partial charge in [-0.3, -0.25) is 9.59 Å². The van der Waals surface area contributed by atoms with Gasteiger partial charge in [0.2, 0.25) is 5.91 Å². The highest BCUT2D eigenvalue weighted by atomic mass is 32.2. The van der Waals surface area contributed by atoms with Crippen molar-refractivity contribution in [3.05, 3.63) is 0 Å². The van der Waals surface area contributed by atoms with Crippen LogP contribution in [0.5, 0.6) is 0 Å². The third-order valence-electron chi connectivity index (χ3n) is 4.35. The van der Waals surface area contributed by atoms with Gasteiger partial charge in [0.15, 0.2) is 15.4 Å². The second-order valence-corrected chi connectivity index (χ2v) is 8.96. The summed E-state index contributed by atoms with van der Waals surface area (Å²) in [6, 6.07) is -0.984. The van der Waals surface area contributed by atoms with Gasteiger partial charge in [0.05, 0.1) is 23.0 Å². The van der Waals surface area contributed by atoms with E-state index in [1.807, 2.05) is 6.26 Å². The van der Waals surface area contributed by atoms with Crippen molar-refractivity contribution in [1.82, 2.24) is 5.32 Å². The average molecular weight is 366 g/mol. The number of aliphatic carboxylic acids is 2. The summed E-state index contributed by atoms with van der Waals surface area (Å²) in [5.74, 6) is -6.43. The molecule has 23 heavy (non-hydrogen) atoms. The monoisotopic (exact) mass is 366 g/mol. The van der Waals surface area contributed by atoms with Crippen LogP contribution in [-0.2, 0) is 24.2 Å². The fourth-order valence-corrected chi connectivity index (χ4v) is 6.38. The number of carbonyl (C=O) groups excluding carboxylic acids is 1. The van der Waals surface area contributed by atoms with Gasteiger partial charge in [-0.1, -0.05) is 0 Å². The average Bonchev–Trinajstić information content (AvgIpc) is 3.15. The van der Waals surface area contributed by atoms with Crippen molar-refractivity contribution < 1.29 is 33.0 Å². The van der Waals surface area contributed by atoms with Crippen LogP contribution in [-0.4, -0.2) is 71.1 Å². The van der Waals surface area contributed by atoms with Crippen molar-refractivity contribution in [2.45, 2.75) is 23.3 Å². The van der Waals surface area contributed by atoms with Gasteiger partial charge in [-0.2, -0.15) is 11.8 Å². The molecule has 0 spiro atoms. The summed E-state index contributed by atoms with van der Waals surface area (Å²) in [5.41, 5.74) is 3.55. The third-order valence-corrected chi connectivity index (χ3v) is 7.27. The van der Waals surface area contributed by atoms with Crippen molar-refractivity contribution >= 4 is 39.4 Å². The number of fused-ring (bicyclic) bond motifs is 1. The molecule has 1 unspecified atom stereocenters. The van der Waals surface area contributed by atoms with Gasteiger partial charge in [-0.25, -0.2) is 13.2 Å². The van der Waals surface area contributed by atoms with E-state index < -0.39 is 62.1 Å². The first kappa shape index (κ1) is 18.0. The molecule has 11 heteroatoms. The standard InChI is InChI=1S/C12H18N2O7S2/c1-22-3-2-5(13)9(15)14-12(11(18)19)4-23(20,21)8-6(7(8)12)10(16)17/h5-8H,2-4,13H2,1H3,(H,14,15)(H,16,17)(H,18,19)/t5?,6-,7-,8+,12+/m1/s1. The highest BCUT2D eigenvalue weighted by molar-refractivity contribution is 7.98. The zero-order valence-electron chi connectivity index (χ0n) is 12.3. The van der Waals surface area contributed by atoms with Gasteiger partial charge in [0.25, 0.3) is 0 Å². The molecule has 5 N–H and O–H groups in total. The van der Waals surface area contributed by atoms with Crippen LogP contribution < -0.4 is 11.1 Å². The van der Waals surface area contributed by atoms with Crippen LogP contribution in [0.1, 0.15) is 6.42 Å². The van der Waals surface area contributed by atoms with Gasteiger partial charge in [-0.15, -0.1) is 0 Å². The van der Waals surface area contributed by atoms with Crippen molar-refractivity contribution in [3.63, 3.8) is 0 Å². The van der Waals surface area contributed by atoms with E-state index in [4.69, 9.17) is 10.8 Å². The first-order valence-electron chi connectivity index (χ1n) is 6.83. The number of amides is 1. The van der Waals surface area contributed by atoms with Crippen LogP contribution >= 0.6 is 11.8 Å². The normalized spacial score (nSPS) is 35.1. The molecule has 1 saturated heterocycles. The minimum atomic E-state index is -3.91. The number of thioether (sulfide) groups is 1. The number of carboxylic acid groups (broad SMARTS) is 2. The molecule has 5 atom stereocenters. The maximum atomic E-state index is 12.1. The lowest BCUT2D eigenvalue weighted by atomic mass is 9.93. The van der Waals surface area contributed by atoms with Gasteiger partial charge >= 0.3 is 11.9 Å². The molecule has 2 rings (SSSR count). The summed E-state index contributed by atoms with van der Waals surface area (Å²) in [5, 5.41) is 19.5. The summed E-state index contributed by atoms with van der Waals surface area (Å²) in [6.07, 6.45) is 2.12. The number of rotatable bonds is 7. The Morgan fingerprint density at radius 3 is 2.43 bits per heavy atom. The van der Waals surface area contributed by atoms with E-state index in [-0.39, 0.29) is 0 Å². The third kappa shape index (κ3) is 2.92. The number of nitrogens with one attached hydrogen (secondary N) is 1. The first-order chi connectivity index (χ1) is 10.6. The summed E-state index contributed by atoms with van der Waals surface area (Å²) in [7, 11) is -3.91. The molecule has 0 aromatic rings. The Labute approximate surface area is 136 Å². The molecular weight excluding hydrogens is 348 g/mol. The number of carboxylic acids is 2. The first-order valence-corrected chi connectivity index (χ1v) is 9.93. The predicted octanol–water partition coefficient (Wildman–Crippen LogP) is -1.87. The molecule has 1 aliphatic carbocycles. The van der Waals surface area contributed by atoms with E-state index in [9.17, 15) is 27.9 Å². The van der Waals surface area contributed by atoms with Gasteiger partial charge in [-0.05, 0) is 18.4 Å². The van der Waals surface area contributed by atoms with Crippen molar-refractivity contribution in [2.24, 2.45) is 17.6 Å². The molecular formula is C12H18N2O7S2. The quantitative estimate of drug-likeness (QED) is 0.404. The predicted molar refractivity (Wildman–Crippen MR) is 81.7 cm³/mol. The molecule has 130 valence electrons. The Hall–Kier alpha value is -1.33. The minimum absolute atomic E-state index is 0.298. The summed E-state index contributed by atoms with van der Waals surface area (Å²) >= 11 is 1.46. The number of carbonyl (C=O) groups is 3. The molecule has 0 bridgehead atoms. The molecule has 1 saturated carbocycles. The number of sulfone groups is 1. The minimum Gasteiger partial charge on any atom is -0.481 e. The Morgan fingerprint density at radius 2 is 2.00 bits per heavy atom. The Kier molecular flexibility index (Phi) is 4.66. The highest BCUT2D eigenvalue weighted by Gasteiger charge is 2.79. The number of hydrogen-bond donors (Lipinski definition) is 4. The van der Waals surface area contributed by atoms with Gasteiger partial charge < -0.3 is 21.3 Å². The molecule has 1 amide bonds. The molecule has 1 aliphatic heterocycles. The molecule has 0 radical (unpaired) electrons. The van der Waals surface area contributed by atoms with Crippen LogP contribution in [0.25, 0.3) is 0 Å².